The Morgan fingerprint density at radius 1 is 1.13 bits per heavy atom. The maximum absolute atomic E-state index is 12.7. The van der Waals surface area contributed by atoms with Crippen molar-refractivity contribution >= 4 is 17.6 Å². The Morgan fingerprint density at radius 3 is 2.58 bits per heavy atom. The van der Waals surface area contributed by atoms with Gasteiger partial charge in [-0.1, -0.05) is 0 Å². The van der Waals surface area contributed by atoms with Crippen LogP contribution in [0.1, 0.15) is 48.9 Å². The van der Waals surface area contributed by atoms with Gasteiger partial charge < -0.3 is 25.0 Å². The van der Waals surface area contributed by atoms with Crippen LogP contribution in [0.25, 0.3) is 0 Å². The lowest BCUT2D eigenvalue weighted by atomic mass is 10.0. The Labute approximate surface area is 180 Å². The van der Waals surface area contributed by atoms with E-state index >= 15 is 0 Å². The van der Waals surface area contributed by atoms with Crippen LogP contribution in [0.5, 0.6) is 11.5 Å². The number of likely N-dealkylation sites (tertiary alicyclic amines) is 1. The first-order chi connectivity index (χ1) is 15.0. The Morgan fingerprint density at radius 2 is 1.87 bits per heavy atom. The standard InChI is InChI=1S/C22H27N5O4/c1-26-14-15(13-23-26)20(28)24-16-6-10-27(11-7-16)21(29)25-17-4-5-18-19(12-17)31-22(30-18)8-2-3-9-22/h4-5,12-14,16H,2-3,6-11H2,1H3,(H,24,28)(H,25,29). The monoisotopic (exact) mass is 425 g/mol. The van der Waals surface area contributed by atoms with Crippen molar-refractivity contribution in [3.63, 3.8) is 0 Å². The molecule has 0 atom stereocenters. The van der Waals surface area contributed by atoms with E-state index in [1.807, 2.05) is 18.2 Å². The fourth-order valence-corrected chi connectivity index (χ4v) is 4.53. The summed E-state index contributed by atoms with van der Waals surface area (Å²) in [4.78, 5) is 26.8. The molecule has 2 aliphatic heterocycles. The highest BCUT2D eigenvalue weighted by molar-refractivity contribution is 5.94. The first kappa shape index (κ1) is 19.7. The summed E-state index contributed by atoms with van der Waals surface area (Å²) in [5.74, 6) is 0.797. The number of nitrogens with zero attached hydrogens (tertiary/aromatic N) is 3. The van der Waals surface area contributed by atoms with Crippen LogP contribution in [0, 0.1) is 0 Å². The average molecular weight is 425 g/mol. The maximum atomic E-state index is 12.7. The van der Waals surface area contributed by atoms with Crippen LogP contribution in [0.2, 0.25) is 0 Å². The highest BCUT2D eigenvalue weighted by Gasteiger charge is 2.44. The van der Waals surface area contributed by atoms with E-state index in [0.29, 0.717) is 42.9 Å². The molecule has 2 aromatic rings. The van der Waals surface area contributed by atoms with Crippen molar-refractivity contribution < 1.29 is 19.1 Å². The van der Waals surface area contributed by atoms with Crippen molar-refractivity contribution in [3.8, 4) is 11.5 Å². The molecule has 31 heavy (non-hydrogen) atoms. The number of nitrogens with one attached hydrogen (secondary N) is 2. The maximum Gasteiger partial charge on any atom is 0.321 e. The van der Waals surface area contributed by atoms with Gasteiger partial charge in [-0.2, -0.15) is 5.10 Å². The number of carbonyl (C=O) groups excluding carboxylic acids is 2. The number of benzene rings is 1. The molecule has 3 amide bonds. The second kappa shape index (κ2) is 7.79. The minimum atomic E-state index is -0.507. The molecule has 1 saturated carbocycles. The number of piperidine rings is 1. The third-order valence-electron chi connectivity index (χ3n) is 6.24. The van der Waals surface area contributed by atoms with E-state index in [2.05, 4.69) is 15.7 Å². The van der Waals surface area contributed by atoms with Crippen LogP contribution in [0.4, 0.5) is 10.5 Å². The zero-order valence-electron chi connectivity index (χ0n) is 17.6. The van der Waals surface area contributed by atoms with E-state index in [-0.39, 0.29) is 18.0 Å². The number of hydrogen-bond donors (Lipinski definition) is 2. The van der Waals surface area contributed by atoms with Gasteiger partial charge in [-0.05, 0) is 37.8 Å². The number of rotatable bonds is 3. The summed E-state index contributed by atoms with van der Waals surface area (Å²) in [5, 5.41) is 10.0. The number of carbonyl (C=O) groups is 2. The van der Waals surface area contributed by atoms with E-state index < -0.39 is 5.79 Å². The minimum absolute atomic E-state index is 0.0462. The quantitative estimate of drug-likeness (QED) is 0.788. The Hall–Kier alpha value is -3.23. The average Bonchev–Trinajstić information content (AvgIpc) is 3.48. The van der Waals surface area contributed by atoms with Gasteiger partial charge in [0.25, 0.3) is 11.7 Å². The summed E-state index contributed by atoms with van der Waals surface area (Å²) in [6, 6.07) is 5.44. The van der Waals surface area contributed by atoms with Gasteiger partial charge in [0.2, 0.25) is 0 Å². The van der Waals surface area contributed by atoms with E-state index in [0.717, 1.165) is 31.4 Å². The van der Waals surface area contributed by atoms with Crippen molar-refractivity contribution in [2.24, 2.45) is 7.05 Å². The minimum Gasteiger partial charge on any atom is -0.448 e. The second-order valence-corrected chi connectivity index (χ2v) is 8.55. The Balaban J connectivity index is 1.13. The van der Waals surface area contributed by atoms with E-state index in [1.54, 1.807) is 29.0 Å². The van der Waals surface area contributed by atoms with Gasteiger partial charge in [0.15, 0.2) is 11.5 Å². The molecule has 0 unspecified atom stereocenters. The largest absolute Gasteiger partial charge is 0.448 e. The fourth-order valence-electron chi connectivity index (χ4n) is 4.53. The molecule has 1 spiro atoms. The van der Waals surface area contributed by atoms with Gasteiger partial charge in [0, 0.05) is 57.0 Å². The molecule has 1 saturated heterocycles. The number of fused-ring (bicyclic) bond motifs is 1. The van der Waals surface area contributed by atoms with E-state index in [4.69, 9.17) is 9.47 Å². The first-order valence-electron chi connectivity index (χ1n) is 10.9. The summed E-state index contributed by atoms with van der Waals surface area (Å²) in [6.45, 7) is 1.16. The Kier molecular flexibility index (Phi) is 4.95. The second-order valence-electron chi connectivity index (χ2n) is 8.55. The molecule has 0 bridgehead atoms. The summed E-state index contributed by atoms with van der Waals surface area (Å²) in [7, 11) is 1.78. The highest BCUT2D eigenvalue weighted by atomic mass is 16.7. The van der Waals surface area contributed by atoms with Gasteiger partial charge in [0.05, 0.1) is 11.8 Å². The number of amides is 3. The molecule has 9 heteroatoms. The van der Waals surface area contributed by atoms with Crippen LogP contribution in [0.3, 0.4) is 0 Å². The molecule has 3 aliphatic rings. The number of aryl methyl sites for hydroxylation is 1. The predicted octanol–water partition coefficient (Wildman–Crippen LogP) is 2.89. The van der Waals surface area contributed by atoms with Crippen LogP contribution in [-0.4, -0.2) is 51.5 Å². The third-order valence-corrected chi connectivity index (χ3v) is 6.24. The molecule has 1 aliphatic carbocycles. The van der Waals surface area contributed by atoms with E-state index in [9.17, 15) is 9.59 Å². The van der Waals surface area contributed by atoms with Crippen LogP contribution in [-0.2, 0) is 7.05 Å². The van der Waals surface area contributed by atoms with Crippen molar-refractivity contribution in [1.29, 1.82) is 0 Å². The van der Waals surface area contributed by atoms with Gasteiger partial charge in [-0.25, -0.2) is 4.79 Å². The molecule has 3 heterocycles. The number of hydrogen-bond acceptors (Lipinski definition) is 5. The third kappa shape index (κ3) is 4.04. The van der Waals surface area contributed by atoms with Crippen molar-refractivity contribution in [3.05, 3.63) is 36.2 Å². The summed E-state index contributed by atoms with van der Waals surface area (Å²) < 4.78 is 13.7. The molecule has 2 N–H and O–H groups in total. The van der Waals surface area contributed by atoms with Gasteiger partial charge in [-0.3, -0.25) is 9.48 Å². The van der Waals surface area contributed by atoms with Crippen LogP contribution >= 0.6 is 0 Å². The van der Waals surface area contributed by atoms with Gasteiger partial charge in [-0.15, -0.1) is 0 Å². The summed E-state index contributed by atoms with van der Waals surface area (Å²) >= 11 is 0. The van der Waals surface area contributed by atoms with Crippen molar-refractivity contribution in [2.45, 2.75) is 50.4 Å². The lowest BCUT2D eigenvalue weighted by Crippen LogP contribution is -2.47. The zero-order chi connectivity index (χ0) is 21.4. The zero-order valence-corrected chi connectivity index (χ0v) is 17.6. The molecular formula is C22H27N5O4. The lowest BCUT2D eigenvalue weighted by Gasteiger charge is -2.32. The molecule has 5 rings (SSSR count). The topological polar surface area (TPSA) is 97.7 Å². The van der Waals surface area contributed by atoms with E-state index in [1.165, 1.54) is 0 Å². The smallest absolute Gasteiger partial charge is 0.321 e. The number of aromatic nitrogens is 2. The summed E-state index contributed by atoms with van der Waals surface area (Å²) in [5.41, 5.74) is 1.24. The predicted molar refractivity (Wildman–Crippen MR) is 113 cm³/mol. The molecule has 9 nitrogen and oxygen atoms in total. The summed E-state index contributed by atoms with van der Waals surface area (Å²) in [6.07, 6.45) is 8.68. The SMILES string of the molecule is Cn1cc(C(=O)NC2CCN(C(=O)Nc3ccc4c(c3)OC3(CCCC3)O4)CC2)cn1. The lowest BCUT2D eigenvalue weighted by molar-refractivity contribution is -0.0716. The first-order valence-corrected chi connectivity index (χ1v) is 10.9. The molecule has 1 aromatic carbocycles. The Bertz CT molecular complexity index is 990. The van der Waals surface area contributed by atoms with Crippen molar-refractivity contribution in [2.75, 3.05) is 18.4 Å². The number of anilines is 1. The molecule has 2 fully saturated rings. The normalized spacial score (nSPS) is 19.6. The molecule has 164 valence electrons. The highest BCUT2D eigenvalue weighted by Crippen LogP contribution is 2.47. The fraction of sp³-hybridized carbons (Fsp3) is 0.500. The number of urea groups is 1. The van der Waals surface area contributed by atoms with Gasteiger partial charge in [0.1, 0.15) is 0 Å². The molecule has 0 radical (unpaired) electrons. The van der Waals surface area contributed by atoms with Crippen LogP contribution in [0.15, 0.2) is 30.6 Å². The molecule has 1 aromatic heterocycles. The molecular weight excluding hydrogens is 398 g/mol. The van der Waals surface area contributed by atoms with Crippen molar-refractivity contribution in [1.82, 2.24) is 20.0 Å². The van der Waals surface area contributed by atoms with Gasteiger partial charge >= 0.3 is 6.03 Å². The van der Waals surface area contributed by atoms with Crippen LogP contribution < -0.4 is 20.1 Å². The number of ether oxygens (including phenoxy) is 2.